The van der Waals surface area contributed by atoms with E-state index in [1.54, 1.807) is 54.6 Å². The number of esters is 2. The fourth-order valence-corrected chi connectivity index (χ4v) is 2.52. The van der Waals surface area contributed by atoms with Crippen LogP contribution in [0.3, 0.4) is 0 Å². The van der Waals surface area contributed by atoms with Crippen molar-refractivity contribution in [2.45, 2.75) is 26.7 Å². The van der Waals surface area contributed by atoms with Gasteiger partial charge in [-0.15, -0.1) is 0 Å². The highest BCUT2D eigenvalue weighted by atomic mass is 16.5. The summed E-state index contributed by atoms with van der Waals surface area (Å²) < 4.78 is 10.7. The molecule has 0 aromatic heterocycles. The number of rotatable bonds is 8. The van der Waals surface area contributed by atoms with Gasteiger partial charge in [0, 0.05) is 17.5 Å². The van der Waals surface area contributed by atoms with E-state index >= 15 is 0 Å². The predicted molar refractivity (Wildman–Crippen MR) is 117 cm³/mol. The van der Waals surface area contributed by atoms with E-state index in [9.17, 15) is 14.9 Å². The van der Waals surface area contributed by atoms with Crippen LogP contribution < -0.4 is 9.47 Å². The Bertz CT molecular complexity index is 1070. The molecule has 152 valence electrons. The van der Waals surface area contributed by atoms with Crippen molar-refractivity contribution in [2.24, 2.45) is 0 Å². The van der Waals surface area contributed by atoms with Crippen LogP contribution in [0.2, 0.25) is 0 Å². The molecule has 5 nitrogen and oxygen atoms in total. The Morgan fingerprint density at radius 1 is 0.900 bits per heavy atom. The Balaban J connectivity index is 2.26. The first-order valence-electron chi connectivity index (χ1n) is 9.66. The lowest BCUT2D eigenvalue weighted by Gasteiger charge is -2.09. The number of nitrogens with zero attached hydrogens (tertiary/aromatic N) is 1. The molecular weight excluding hydrogens is 378 g/mol. The van der Waals surface area contributed by atoms with Crippen LogP contribution in [-0.2, 0) is 9.59 Å². The summed E-state index contributed by atoms with van der Waals surface area (Å²) in [6.07, 6.45) is 14.9. The van der Waals surface area contributed by atoms with Gasteiger partial charge in [-0.05, 0) is 42.5 Å². The fraction of sp³-hybridized carbons (Fsp3) is 0.160. The maximum atomic E-state index is 12.1. The average molecular weight is 401 g/mol. The molecule has 5 heteroatoms. The van der Waals surface area contributed by atoms with Gasteiger partial charge < -0.3 is 9.47 Å². The molecule has 0 fully saturated rings. The van der Waals surface area contributed by atoms with Crippen molar-refractivity contribution in [1.29, 1.82) is 5.26 Å². The molecule has 2 rings (SSSR count). The summed E-state index contributed by atoms with van der Waals surface area (Å²) in [4.78, 5) is 24.0. The zero-order valence-electron chi connectivity index (χ0n) is 17.0. The van der Waals surface area contributed by atoms with Gasteiger partial charge in [-0.1, -0.05) is 56.4 Å². The van der Waals surface area contributed by atoms with E-state index in [-0.39, 0.29) is 11.3 Å². The largest absolute Gasteiger partial charge is 0.423 e. The van der Waals surface area contributed by atoms with Crippen LogP contribution in [0.1, 0.15) is 32.3 Å². The van der Waals surface area contributed by atoms with Crippen molar-refractivity contribution < 1.29 is 19.1 Å². The fourth-order valence-electron chi connectivity index (χ4n) is 2.52. The third-order valence-corrected chi connectivity index (χ3v) is 3.91. The molecular formula is C25H23NO4. The molecule has 0 aliphatic heterocycles. The second-order valence-corrected chi connectivity index (χ2v) is 6.17. The van der Waals surface area contributed by atoms with E-state index in [1.807, 2.05) is 32.1 Å². The Labute approximate surface area is 176 Å². The van der Waals surface area contributed by atoms with Crippen LogP contribution in [0.4, 0.5) is 0 Å². The van der Waals surface area contributed by atoms with E-state index in [0.29, 0.717) is 16.5 Å². The Morgan fingerprint density at radius 2 is 1.53 bits per heavy atom. The van der Waals surface area contributed by atoms with Gasteiger partial charge in [0.05, 0.1) is 5.56 Å². The minimum Gasteiger partial charge on any atom is -0.423 e. The molecule has 0 saturated carbocycles. The number of hydrogen-bond donors (Lipinski definition) is 0. The highest BCUT2D eigenvalue weighted by molar-refractivity contribution is 5.95. The van der Waals surface area contributed by atoms with Crippen LogP contribution in [0.15, 0.2) is 78.9 Å². The normalized spacial score (nSPS) is 11.6. The minimum atomic E-state index is -0.583. The lowest BCUT2D eigenvalue weighted by molar-refractivity contribution is -0.129. The maximum absolute atomic E-state index is 12.1. The van der Waals surface area contributed by atoms with Gasteiger partial charge in [-0.2, -0.15) is 5.26 Å². The van der Waals surface area contributed by atoms with Crippen LogP contribution in [0.25, 0.3) is 10.8 Å². The first-order valence-corrected chi connectivity index (χ1v) is 9.66. The smallest absolute Gasteiger partial charge is 0.336 e. The number of nitriles is 1. The molecule has 2 aromatic carbocycles. The van der Waals surface area contributed by atoms with Crippen molar-refractivity contribution in [3.8, 4) is 17.6 Å². The van der Waals surface area contributed by atoms with Gasteiger partial charge in [0.1, 0.15) is 11.8 Å². The molecule has 0 saturated heterocycles. The molecule has 0 aliphatic carbocycles. The molecule has 0 N–H and O–H groups in total. The SMILES string of the molecule is CCC=CC=CC(=O)Oc1ccc2c(OC(=O)C=CC=CCC)c(C#N)ccc2c1. The lowest BCUT2D eigenvalue weighted by atomic mass is 10.1. The predicted octanol–water partition coefficient (Wildman–Crippen LogP) is 5.57. The van der Waals surface area contributed by atoms with Crippen LogP contribution in [0.5, 0.6) is 11.5 Å². The average Bonchev–Trinajstić information content (AvgIpc) is 2.74. The summed E-state index contributed by atoms with van der Waals surface area (Å²) in [5.41, 5.74) is 0.240. The number of benzene rings is 2. The van der Waals surface area contributed by atoms with E-state index in [0.717, 1.165) is 12.8 Å². The van der Waals surface area contributed by atoms with E-state index in [1.165, 1.54) is 12.2 Å². The van der Waals surface area contributed by atoms with Crippen LogP contribution in [-0.4, -0.2) is 11.9 Å². The number of fused-ring (bicyclic) bond motifs is 1. The van der Waals surface area contributed by atoms with Crippen molar-refractivity contribution >= 4 is 22.7 Å². The van der Waals surface area contributed by atoms with E-state index in [4.69, 9.17) is 9.47 Å². The number of allylic oxidation sites excluding steroid dienone is 6. The molecule has 0 heterocycles. The lowest BCUT2D eigenvalue weighted by Crippen LogP contribution is -2.06. The molecule has 0 unspecified atom stereocenters. The Hall–Kier alpha value is -3.91. The minimum absolute atomic E-state index is 0.173. The molecule has 0 bridgehead atoms. The molecule has 0 radical (unpaired) electrons. The van der Waals surface area contributed by atoms with Gasteiger partial charge in [0.2, 0.25) is 0 Å². The van der Waals surface area contributed by atoms with Crippen LogP contribution in [0, 0.1) is 11.3 Å². The quantitative estimate of drug-likeness (QED) is 0.250. The Morgan fingerprint density at radius 3 is 2.13 bits per heavy atom. The van der Waals surface area contributed by atoms with Gasteiger partial charge >= 0.3 is 11.9 Å². The Kier molecular flexibility index (Phi) is 8.82. The van der Waals surface area contributed by atoms with E-state index in [2.05, 4.69) is 0 Å². The number of carbonyl (C=O) groups excluding carboxylic acids is 2. The highest BCUT2D eigenvalue weighted by Gasteiger charge is 2.13. The van der Waals surface area contributed by atoms with Crippen molar-refractivity contribution in [3.05, 3.63) is 84.5 Å². The number of carbonyl (C=O) groups is 2. The number of hydrogen-bond acceptors (Lipinski definition) is 5. The molecule has 0 spiro atoms. The monoisotopic (exact) mass is 401 g/mol. The zero-order valence-corrected chi connectivity index (χ0v) is 17.0. The second-order valence-electron chi connectivity index (χ2n) is 6.17. The van der Waals surface area contributed by atoms with Gasteiger partial charge in [0.15, 0.2) is 5.75 Å². The summed E-state index contributed by atoms with van der Waals surface area (Å²) in [5, 5.41) is 10.6. The first kappa shape index (κ1) is 22.4. The highest BCUT2D eigenvalue weighted by Crippen LogP contribution is 2.32. The number of ether oxygens (including phenoxy) is 2. The summed E-state index contributed by atoms with van der Waals surface area (Å²) in [6, 6.07) is 10.2. The zero-order chi connectivity index (χ0) is 21.8. The molecule has 0 amide bonds. The second kappa shape index (κ2) is 11.8. The summed E-state index contributed by atoms with van der Waals surface area (Å²) in [5.74, 6) is -0.559. The van der Waals surface area contributed by atoms with Crippen molar-refractivity contribution in [2.75, 3.05) is 0 Å². The van der Waals surface area contributed by atoms with Gasteiger partial charge in [-0.25, -0.2) is 9.59 Å². The van der Waals surface area contributed by atoms with E-state index < -0.39 is 11.9 Å². The maximum Gasteiger partial charge on any atom is 0.336 e. The summed E-state index contributed by atoms with van der Waals surface area (Å²) in [6.45, 7) is 3.99. The van der Waals surface area contributed by atoms with Crippen LogP contribution >= 0.6 is 0 Å². The van der Waals surface area contributed by atoms with Crippen molar-refractivity contribution in [3.63, 3.8) is 0 Å². The third-order valence-electron chi connectivity index (χ3n) is 3.91. The molecule has 0 atom stereocenters. The van der Waals surface area contributed by atoms with Gasteiger partial charge in [-0.3, -0.25) is 0 Å². The standard InChI is InChI=1S/C25H23NO4/c1-3-5-7-9-11-23(27)29-21-15-16-22-19(17-21)13-14-20(18-26)25(22)30-24(28)12-10-8-6-4-2/h5-17H,3-4H2,1-2H3. The summed E-state index contributed by atoms with van der Waals surface area (Å²) in [7, 11) is 0. The summed E-state index contributed by atoms with van der Waals surface area (Å²) >= 11 is 0. The van der Waals surface area contributed by atoms with Crippen molar-refractivity contribution in [1.82, 2.24) is 0 Å². The third kappa shape index (κ3) is 6.61. The molecule has 0 aliphatic rings. The first-order chi connectivity index (χ1) is 14.6. The molecule has 30 heavy (non-hydrogen) atoms. The van der Waals surface area contributed by atoms with Gasteiger partial charge in [0.25, 0.3) is 0 Å². The topological polar surface area (TPSA) is 76.4 Å². The molecule has 2 aromatic rings.